The number of allylic oxidation sites excluding steroid dienone is 1. The smallest absolute Gasteiger partial charge is 0.293 e. The number of carbonyl (C=O) groups is 2. The Morgan fingerprint density at radius 2 is 1.92 bits per heavy atom. The number of rotatable bonds is 4. The second kappa shape index (κ2) is 6.38. The summed E-state index contributed by atoms with van der Waals surface area (Å²) in [6, 6.07) is 0.404. The third-order valence-corrected chi connectivity index (χ3v) is 8.91. The quantitative estimate of drug-likeness (QED) is 0.564. The van der Waals surface area contributed by atoms with Gasteiger partial charge >= 0.3 is 0 Å². The maximum atomic E-state index is 11.4. The van der Waals surface area contributed by atoms with E-state index >= 15 is 0 Å². The molecule has 7 unspecified atom stereocenters. The Bertz CT molecular complexity index is 617. The maximum Gasteiger partial charge on any atom is 0.293 e. The largest absolute Gasteiger partial charge is 0.464 e. The highest BCUT2D eigenvalue weighted by molar-refractivity contribution is 5.47. The minimum absolute atomic E-state index is 0.0781. The van der Waals surface area contributed by atoms with Crippen LogP contribution in [0.2, 0.25) is 0 Å². The van der Waals surface area contributed by atoms with E-state index in [1.807, 2.05) is 11.9 Å². The van der Waals surface area contributed by atoms with Gasteiger partial charge in [0, 0.05) is 19.5 Å². The van der Waals surface area contributed by atoms with Crippen LogP contribution in [0, 0.1) is 28.6 Å². The van der Waals surface area contributed by atoms with Crippen molar-refractivity contribution in [2.24, 2.45) is 28.6 Å². The molecule has 1 amide bonds. The lowest BCUT2D eigenvalue weighted by molar-refractivity contribution is -0.136. The topological polar surface area (TPSA) is 46.6 Å². The van der Waals surface area contributed by atoms with Crippen LogP contribution in [0.4, 0.5) is 0 Å². The first kappa shape index (κ1) is 18.1. The zero-order valence-corrected chi connectivity index (χ0v) is 16.4. The molecule has 4 aliphatic rings. The minimum Gasteiger partial charge on any atom is -0.464 e. The van der Waals surface area contributed by atoms with Crippen LogP contribution in [0.15, 0.2) is 11.6 Å². The highest BCUT2D eigenvalue weighted by Crippen LogP contribution is 2.65. The van der Waals surface area contributed by atoms with Crippen LogP contribution in [-0.2, 0) is 14.3 Å². The molecule has 0 heterocycles. The molecule has 7 atom stereocenters. The van der Waals surface area contributed by atoms with Gasteiger partial charge in [0.25, 0.3) is 6.47 Å². The van der Waals surface area contributed by atoms with Gasteiger partial charge in [-0.25, -0.2) is 0 Å². The van der Waals surface area contributed by atoms with E-state index in [4.69, 9.17) is 4.74 Å². The molecule has 4 nitrogen and oxygen atoms in total. The summed E-state index contributed by atoms with van der Waals surface area (Å²) >= 11 is 0. The fraction of sp³-hybridized carbons (Fsp3) is 0.818. The molecule has 4 aliphatic carbocycles. The van der Waals surface area contributed by atoms with Gasteiger partial charge in [-0.2, -0.15) is 0 Å². The number of amides is 1. The zero-order valence-electron chi connectivity index (χ0n) is 16.4. The second-order valence-electron chi connectivity index (χ2n) is 9.77. The maximum absolute atomic E-state index is 11.4. The Morgan fingerprint density at radius 3 is 2.65 bits per heavy atom. The van der Waals surface area contributed by atoms with E-state index in [9.17, 15) is 9.59 Å². The van der Waals surface area contributed by atoms with E-state index in [2.05, 4.69) is 19.9 Å². The van der Waals surface area contributed by atoms with E-state index in [1.54, 1.807) is 5.57 Å². The van der Waals surface area contributed by atoms with E-state index in [-0.39, 0.29) is 16.9 Å². The van der Waals surface area contributed by atoms with Crippen LogP contribution in [-0.4, -0.2) is 37.0 Å². The highest BCUT2D eigenvalue weighted by Gasteiger charge is 2.59. The summed E-state index contributed by atoms with van der Waals surface area (Å²) in [6.07, 6.45) is 12.7. The summed E-state index contributed by atoms with van der Waals surface area (Å²) in [6.45, 7) is 5.54. The van der Waals surface area contributed by atoms with E-state index < -0.39 is 0 Å². The summed E-state index contributed by atoms with van der Waals surface area (Å²) in [5, 5.41) is 0. The molecule has 3 saturated carbocycles. The second-order valence-corrected chi connectivity index (χ2v) is 9.77. The third-order valence-electron chi connectivity index (χ3n) is 8.91. The molecule has 0 saturated heterocycles. The molecule has 3 fully saturated rings. The van der Waals surface area contributed by atoms with Crippen molar-refractivity contribution >= 4 is 12.9 Å². The SMILES string of the molecule is CN(C=O)C1CCC2C3CC=C4CC(OC=O)CCC4(C)C3CCC21C. The summed E-state index contributed by atoms with van der Waals surface area (Å²) < 4.78 is 5.29. The molecular formula is C22H33NO3. The molecule has 0 aromatic heterocycles. The molecule has 0 aromatic rings. The Balaban J connectivity index is 1.59. The van der Waals surface area contributed by atoms with Gasteiger partial charge in [0.2, 0.25) is 6.41 Å². The van der Waals surface area contributed by atoms with Crippen molar-refractivity contribution in [3.05, 3.63) is 11.6 Å². The van der Waals surface area contributed by atoms with Gasteiger partial charge in [0.1, 0.15) is 6.10 Å². The van der Waals surface area contributed by atoms with E-state index in [1.165, 1.54) is 25.7 Å². The predicted molar refractivity (Wildman–Crippen MR) is 100 cm³/mol. The van der Waals surface area contributed by atoms with Crippen LogP contribution in [0.3, 0.4) is 0 Å². The molecule has 0 aromatic carbocycles. The Labute approximate surface area is 157 Å². The fourth-order valence-electron chi connectivity index (χ4n) is 7.54. The zero-order chi connectivity index (χ0) is 18.5. The van der Waals surface area contributed by atoms with Gasteiger partial charge in [-0.3, -0.25) is 9.59 Å². The fourth-order valence-corrected chi connectivity index (χ4v) is 7.54. The molecule has 0 bridgehead atoms. The van der Waals surface area contributed by atoms with Gasteiger partial charge in [0.05, 0.1) is 0 Å². The van der Waals surface area contributed by atoms with E-state index in [0.717, 1.165) is 49.8 Å². The van der Waals surface area contributed by atoms with Crippen LogP contribution < -0.4 is 0 Å². The average molecular weight is 360 g/mol. The monoisotopic (exact) mass is 359 g/mol. The lowest BCUT2D eigenvalue weighted by atomic mass is 9.48. The lowest BCUT2D eigenvalue weighted by Gasteiger charge is -2.58. The first-order valence-electron chi connectivity index (χ1n) is 10.4. The summed E-state index contributed by atoms with van der Waals surface area (Å²) in [4.78, 5) is 24.1. The Kier molecular flexibility index (Phi) is 4.44. The Morgan fingerprint density at radius 1 is 1.12 bits per heavy atom. The standard InChI is InChI=1S/C22H33NO3/c1-21-10-8-16(26-14-25)12-15(21)4-5-17-18-6-7-20(23(3)13-24)22(18,2)11-9-19(17)21/h4,13-14,16-20H,5-12H2,1-3H3. The number of ether oxygens (including phenoxy) is 1. The van der Waals surface area contributed by atoms with Crippen LogP contribution >= 0.6 is 0 Å². The van der Waals surface area contributed by atoms with Crippen molar-refractivity contribution in [2.75, 3.05) is 7.05 Å². The normalized spacial score (nSPS) is 47.0. The summed E-state index contributed by atoms with van der Waals surface area (Å²) in [5.41, 5.74) is 2.10. The molecule has 4 heteroatoms. The molecule has 0 aliphatic heterocycles. The number of carbonyl (C=O) groups excluding carboxylic acids is 2. The predicted octanol–water partition coefficient (Wildman–Crippen LogP) is 3.95. The van der Waals surface area contributed by atoms with Crippen molar-refractivity contribution in [1.29, 1.82) is 0 Å². The van der Waals surface area contributed by atoms with Crippen LogP contribution in [0.25, 0.3) is 0 Å². The highest BCUT2D eigenvalue weighted by atomic mass is 16.5. The number of fused-ring (bicyclic) bond motifs is 5. The lowest BCUT2D eigenvalue weighted by Crippen LogP contribution is -2.53. The van der Waals surface area contributed by atoms with Crippen LogP contribution in [0.1, 0.15) is 65.2 Å². The molecule has 26 heavy (non-hydrogen) atoms. The molecule has 4 rings (SSSR count). The van der Waals surface area contributed by atoms with Gasteiger partial charge in [-0.05, 0) is 73.5 Å². The first-order valence-corrected chi connectivity index (χ1v) is 10.4. The van der Waals surface area contributed by atoms with Crippen molar-refractivity contribution in [2.45, 2.75) is 77.4 Å². The van der Waals surface area contributed by atoms with Crippen molar-refractivity contribution in [3.63, 3.8) is 0 Å². The van der Waals surface area contributed by atoms with E-state index in [0.29, 0.717) is 12.5 Å². The van der Waals surface area contributed by atoms with Gasteiger partial charge < -0.3 is 9.64 Å². The average Bonchev–Trinajstić information content (AvgIpc) is 2.99. The van der Waals surface area contributed by atoms with Crippen LogP contribution in [0.5, 0.6) is 0 Å². The van der Waals surface area contributed by atoms with Crippen molar-refractivity contribution in [3.8, 4) is 0 Å². The van der Waals surface area contributed by atoms with Gasteiger partial charge in [0.15, 0.2) is 0 Å². The van der Waals surface area contributed by atoms with Crippen molar-refractivity contribution in [1.82, 2.24) is 4.90 Å². The minimum atomic E-state index is 0.0781. The molecule has 0 spiro atoms. The number of hydrogen-bond acceptors (Lipinski definition) is 3. The molecule has 0 N–H and O–H groups in total. The number of nitrogens with zero attached hydrogens (tertiary/aromatic N) is 1. The molecule has 144 valence electrons. The third kappa shape index (κ3) is 2.47. The molecule has 0 radical (unpaired) electrons. The first-order chi connectivity index (χ1) is 12.4. The number of hydrogen-bond donors (Lipinski definition) is 0. The van der Waals surface area contributed by atoms with Gasteiger partial charge in [-0.1, -0.05) is 25.5 Å². The summed E-state index contributed by atoms with van der Waals surface area (Å²) in [7, 11) is 1.96. The molecular weight excluding hydrogens is 326 g/mol. The summed E-state index contributed by atoms with van der Waals surface area (Å²) in [5.74, 6) is 2.22. The van der Waals surface area contributed by atoms with Crippen molar-refractivity contribution < 1.29 is 14.3 Å². The van der Waals surface area contributed by atoms with Gasteiger partial charge in [-0.15, -0.1) is 0 Å². The Hall–Kier alpha value is -1.32.